The van der Waals surface area contributed by atoms with Gasteiger partial charge in [-0.05, 0) is 20.8 Å². The summed E-state index contributed by atoms with van der Waals surface area (Å²) in [6.07, 6.45) is 0. The molecule has 1 N–H and O–H groups in total. The summed E-state index contributed by atoms with van der Waals surface area (Å²) in [5.74, 6) is 0.926. The second-order valence-corrected chi connectivity index (χ2v) is 7.12. The Hall–Kier alpha value is -2.61. The molecule has 0 aliphatic carbocycles. The maximum Gasteiger partial charge on any atom is 0.240 e. The van der Waals surface area contributed by atoms with Crippen LogP contribution in [0.3, 0.4) is 0 Å². The van der Waals surface area contributed by atoms with Gasteiger partial charge in [0.2, 0.25) is 11.8 Å². The molecule has 0 saturated carbocycles. The third kappa shape index (κ3) is 3.90. The molecule has 0 bridgehead atoms. The molecule has 2 aromatic heterocycles. The molecule has 0 aliphatic rings. The molecule has 25 heavy (non-hydrogen) atoms. The quantitative estimate of drug-likeness (QED) is 0.706. The third-order valence-electron chi connectivity index (χ3n) is 3.67. The highest BCUT2D eigenvalue weighted by Gasteiger charge is 2.20. The monoisotopic (exact) mass is 357 g/mol. The van der Waals surface area contributed by atoms with Crippen LogP contribution in [0.1, 0.15) is 18.2 Å². The van der Waals surface area contributed by atoms with E-state index in [0.29, 0.717) is 16.7 Å². The topological polar surface area (TPSA) is 85.8 Å². The van der Waals surface area contributed by atoms with Gasteiger partial charge in [-0.1, -0.05) is 46.7 Å². The smallest absolute Gasteiger partial charge is 0.240 e. The Morgan fingerprint density at radius 3 is 2.60 bits per heavy atom. The molecule has 1 atom stereocenters. The van der Waals surface area contributed by atoms with Crippen molar-refractivity contribution in [2.45, 2.75) is 31.2 Å². The average molecular weight is 357 g/mol. The number of nitrogens with zero attached hydrogens (tertiary/aromatic N) is 4. The van der Waals surface area contributed by atoms with Gasteiger partial charge >= 0.3 is 0 Å². The molecule has 2 heterocycles. The molecule has 3 rings (SSSR count). The summed E-state index contributed by atoms with van der Waals surface area (Å²) in [5, 5.41) is 15.2. The maximum absolute atomic E-state index is 12.3. The van der Waals surface area contributed by atoms with Crippen LogP contribution in [0.25, 0.3) is 11.4 Å². The van der Waals surface area contributed by atoms with Crippen molar-refractivity contribution in [1.29, 1.82) is 0 Å². The zero-order chi connectivity index (χ0) is 18.0. The number of benzene rings is 1. The summed E-state index contributed by atoms with van der Waals surface area (Å²) in [4.78, 5) is 12.3. The number of anilines is 1. The predicted molar refractivity (Wildman–Crippen MR) is 96.4 cm³/mol. The van der Waals surface area contributed by atoms with Gasteiger partial charge in [0.25, 0.3) is 0 Å². The Balaban J connectivity index is 1.70. The lowest BCUT2D eigenvalue weighted by Gasteiger charge is -2.10. The van der Waals surface area contributed by atoms with Crippen LogP contribution in [0.2, 0.25) is 0 Å². The van der Waals surface area contributed by atoms with Gasteiger partial charge in [-0.2, -0.15) is 0 Å². The summed E-state index contributed by atoms with van der Waals surface area (Å²) in [5.41, 5.74) is 2.89. The van der Waals surface area contributed by atoms with E-state index in [4.69, 9.17) is 4.52 Å². The molecule has 130 valence electrons. The molecule has 8 heteroatoms. The molecule has 7 nitrogen and oxygen atoms in total. The Kier molecular flexibility index (Phi) is 4.89. The van der Waals surface area contributed by atoms with Crippen LogP contribution < -0.4 is 5.32 Å². The van der Waals surface area contributed by atoms with Crippen molar-refractivity contribution in [3.63, 3.8) is 0 Å². The first kappa shape index (κ1) is 17.2. The van der Waals surface area contributed by atoms with Gasteiger partial charge in [-0.25, -0.2) is 0 Å². The van der Waals surface area contributed by atoms with Gasteiger partial charge in [-0.3, -0.25) is 10.1 Å². The molecule has 1 unspecified atom stereocenters. The second kappa shape index (κ2) is 7.10. The highest BCUT2D eigenvalue weighted by atomic mass is 32.2. The van der Waals surface area contributed by atoms with Gasteiger partial charge in [-0.15, -0.1) is 10.2 Å². The van der Waals surface area contributed by atoms with Gasteiger partial charge in [0.05, 0.1) is 10.9 Å². The molecule has 0 saturated heterocycles. The number of rotatable bonds is 5. The summed E-state index contributed by atoms with van der Waals surface area (Å²) in [6, 6.07) is 9.76. The van der Waals surface area contributed by atoms with Crippen LogP contribution in [0.4, 0.5) is 5.88 Å². The van der Waals surface area contributed by atoms with Crippen molar-refractivity contribution in [3.8, 4) is 11.4 Å². The number of hydrogen-bond acceptors (Lipinski definition) is 6. The lowest BCUT2D eigenvalue weighted by molar-refractivity contribution is -0.115. The second-order valence-electron chi connectivity index (χ2n) is 5.81. The van der Waals surface area contributed by atoms with Gasteiger partial charge in [0.1, 0.15) is 0 Å². The number of nitrogens with one attached hydrogen (secondary N) is 1. The Labute approximate surface area is 149 Å². The number of carbonyl (C=O) groups excluding carboxylic acids is 1. The van der Waals surface area contributed by atoms with Gasteiger partial charge in [0, 0.05) is 18.7 Å². The summed E-state index contributed by atoms with van der Waals surface area (Å²) >= 11 is 1.34. The van der Waals surface area contributed by atoms with E-state index in [1.54, 1.807) is 13.0 Å². The minimum atomic E-state index is -0.362. The zero-order valence-electron chi connectivity index (χ0n) is 14.5. The molecule has 0 fully saturated rings. The number of hydrogen-bond donors (Lipinski definition) is 1. The van der Waals surface area contributed by atoms with Crippen molar-refractivity contribution in [3.05, 3.63) is 41.6 Å². The van der Waals surface area contributed by atoms with Gasteiger partial charge in [0.15, 0.2) is 11.0 Å². The van der Waals surface area contributed by atoms with Crippen molar-refractivity contribution in [2.75, 3.05) is 5.32 Å². The van der Waals surface area contributed by atoms with Crippen LogP contribution in [0.5, 0.6) is 0 Å². The maximum atomic E-state index is 12.3. The number of amides is 1. The molecule has 0 radical (unpaired) electrons. The van der Waals surface area contributed by atoms with Crippen LogP contribution in [0, 0.1) is 13.8 Å². The highest BCUT2D eigenvalue weighted by molar-refractivity contribution is 8.00. The SMILES string of the molecule is Cc1ccc(-c2nnc(SC(C)C(=O)Nc3cc(C)no3)n2C)cc1. The van der Waals surface area contributed by atoms with Gasteiger partial charge < -0.3 is 9.09 Å². The van der Waals surface area contributed by atoms with Crippen molar-refractivity contribution in [1.82, 2.24) is 19.9 Å². The summed E-state index contributed by atoms with van der Waals surface area (Å²) in [7, 11) is 1.89. The summed E-state index contributed by atoms with van der Waals surface area (Å²) in [6.45, 7) is 5.64. The fourth-order valence-corrected chi connectivity index (χ4v) is 3.04. The van der Waals surface area contributed by atoms with E-state index >= 15 is 0 Å². The van der Waals surface area contributed by atoms with E-state index in [1.807, 2.05) is 49.7 Å². The largest absolute Gasteiger partial charge is 0.338 e. The number of carbonyl (C=O) groups is 1. The fraction of sp³-hybridized carbons (Fsp3) is 0.294. The van der Waals surface area contributed by atoms with E-state index in [0.717, 1.165) is 11.4 Å². The van der Waals surface area contributed by atoms with E-state index in [9.17, 15) is 4.79 Å². The van der Waals surface area contributed by atoms with Crippen molar-refractivity contribution in [2.24, 2.45) is 7.05 Å². The lowest BCUT2D eigenvalue weighted by atomic mass is 10.1. The van der Waals surface area contributed by atoms with Crippen LogP contribution in [-0.4, -0.2) is 31.1 Å². The normalized spacial score (nSPS) is 12.2. The first-order valence-corrected chi connectivity index (χ1v) is 8.69. The van der Waals surface area contributed by atoms with E-state index in [-0.39, 0.29) is 11.2 Å². The Morgan fingerprint density at radius 2 is 1.96 bits per heavy atom. The first-order valence-electron chi connectivity index (χ1n) is 7.81. The van der Waals surface area contributed by atoms with E-state index < -0.39 is 0 Å². The molecular weight excluding hydrogens is 338 g/mol. The number of aryl methyl sites for hydroxylation is 2. The molecule has 3 aromatic rings. The average Bonchev–Trinajstić information content (AvgIpc) is 3.15. The molecule has 0 aliphatic heterocycles. The fourth-order valence-electron chi connectivity index (χ4n) is 2.23. The van der Waals surface area contributed by atoms with E-state index in [1.165, 1.54) is 17.3 Å². The Morgan fingerprint density at radius 1 is 1.24 bits per heavy atom. The van der Waals surface area contributed by atoms with Crippen molar-refractivity contribution < 1.29 is 9.32 Å². The highest BCUT2D eigenvalue weighted by Crippen LogP contribution is 2.26. The molecular formula is C17H19N5O2S. The standard InChI is InChI=1S/C17H19N5O2S/c1-10-5-7-13(8-6-10)15-19-20-17(22(15)4)25-12(3)16(23)18-14-9-11(2)21-24-14/h5-9,12H,1-4H3,(H,18,23). The summed E-state index contributed by atoms with van der Waals surface area (Å²) < 4.78 is 6.89. The number of thioether (sulfide) groups is 1. The zero-order valence-corrected chi connectivity index (χ0v) is 15.3. The van der Waals surface area contributed by atoms with Crippen molar-refractivity contribution >= 4 is 23.6 Å². The van der Waals surface area contributed by atoms with Crippen LogP contribution in [0.15, 0.2) is 40.0 Å². The van der Waals surface area contributed by atoms with Crippen LogP contribution >= 0.6 is 11.8 Å². The molecule has 1 amide bonds. The predicted octanol–water partition coefficient (Wildman–Crippen LogP) is 3.21. The third-order valence-corrected chi connectivity index (χ3v) is 4.80. The minimum absolute atomic E-state index is 0.180. The Bertz CT molecular complexity index is 885. The lowest BCUT2D eigenvalue weighted by Crippen LogP contribution is -2.22. The van der Waals surface area contributed by atoms with E-state index in [2.05, 4.69) is 20.7 Å². The number of aromatic nitrogens is 4. The first-order chi connectivity index (χ1) is 11.9. The molecule has 1 aromatic carbocycles. The molecule has 0 spiro atoms. The minimum Gasteiger partial charge on any atom is -0.338 e. The van der Waals surface area contributed by atoms with Crippen LogP contribution in [-0.2, 0) is 11.8 Å².